The lowest BCUT2D eigenvalue weighted by Crippen LogP contribution is -2.11. The second kappa shape index (κ2) is 7.05. The van der Waals surface area contributed by atoms with Crippen molar-refractivity contribution < 1.29 is 5.11 Å². The lowest BCUT2D eigenvalue weighted by atomic mass is 9.86. The third-order valence-electron chi connectivity index (χ3n) is 3.25. The van der Waals surface area contributed by atoms with E-state index in [0.29, 0.717) is 12.5 Å². The van der Waals surface area contributed by atoms with Crippen LogP contribution in [0.2, 0.25) is 0 Å². The molecule has 1 N–H and O–H groups in total. The first kappa shape index (κ1) is 11.8. The molecule has 0 heterocycles. The number of aliphatic hydroxyl groups is 1. The maximum atomic E-state index is 9.00. The van der Waals surface area contributed by atoms with Gasteiger partial charge in [-0.2, -0.15) is 0 Å². The molecule has 14 heavy (non-hydrogen) atoms. The van der Waals surface area contributed by atoms with Crippen LogP contribution in [-0.4, -0.2) is 11.7 Å². The van der Waals surface area contributed by atoms with Crippen LogP contribution in [0.3, 0.4) is 0 Å². The lowest BCUT2D eigenvalue weighted by molar-refractivity contribution is 0.202. The van der Waals surface area contributed by atoms with Crippen LogP contribution in [-0.2, 0) is 0 Å². The SMILES string of the molecule is CCCCCC=C1CCC(CO)CC1. The van der Waals surface area contributed by atoms with Gasteiger partial charge in [0, 0.05) is 6.61 Å². The first-order valence-electron chi connectivity index (χ1n) is 6.15. The van der Waals surface area contributed by atoms with E-state index in [1.165, 1.54) is 51.4 Å². The Balaban J connectivity index is 2.13. The van der Waals surface area contributed by atoms with E-state index >= 15 is 0 Å². The van der Waals surface area contributed by atoms with Crippen LogP contribution in [0, 0.1) is 5.92 Å². The van der Waals surface area contributed by atoms with E-state index in [9.17, 15) is 0 Å². The predicted octanol–water partition coefficient (Wildman–Crippen LogP) is 3.68. The Labute approximate surface area is 88.2 Å². The number of rotatable bonds is 5. The van der Waals surface area contributed by atoms with Crippen LogP contribution in [0.25, 0.3) is 0 Å². The maximum absolute atomic E-state index is 9.00. The number of hydrogen-bond acceptors (Lipinski definition) is 1. The zero-order valence-electron chi connectivity index (χ0n) is 9.47. The van der Waals surface area contributed by atoms with E-state index in [2.05, 4.69) is 13.0 Å². The minimum atomic E-state index is 0.392. The normalized spacial score (nSPS) is 22.4. The van der Waals surface area contributed by atoms with E-state index in [-0.39, 0.29) is 0 Å². The van der Waals surface area contributed by atoms with Crippen LogP contribution >= 0.6 is 0 Å². The Kier molecular flexibility index (Phi) is 5.93. The van der Waals surface area contributed by atoms with Crippen LogP contribution in [0.15, 0.2) is 11.6 Å². The van der Waals surface area contributed by atoms with Gasteiger partial charge < -0.3 is 5.11 Å². The molecule has 1 aliphatic carbocycles. The van der Waals surface area contributed by atoms with Crippen molar-refractivity contribution in [3.05, 3.63) is 11.6 Å². The standard InChI is InChI=1S/C13H24O/c1-2-3-4-5-6-12-7-9-13(11-14)10-8-12/h6,13-14H,2-5,7-11H2,1H3. The topological polar surface area (TPSA) is 20.2 Å². The molecule has 82 valence electrons. The van der Waals surface area contributed by atoms with Crippen molar-refractivity contribution in [1.82, 2.24) is 0 Å². The summed E-state index contributed by atoms with van der Waals surface area (Å²) in [6.45, 7) is 2.64. The molecule has 1 fully saturated rings. The molecule has 1 saturated carbocycles. The van der Waals surface area contributed by atoms with Gasteiger partial charge in [-0.25, -0.2) is 0 Å². The highest BCUT2D eigenvalue weighted by atomic mass is 16.3. The summed E-state index contributed by atoms with van der Waals surface area (Å²) in [5, 5.41) is 9.00. The first-order valence-corrected chi connectivity index (χ1v) is 6.15. The fourth-order valence-electron chi connectivity index (χ4n) is 2.14. The summed E-state index contributed by atoms with van der Waals surface area (Å²) in [6.07, 6.45) is 12.6. The molecule has 0 radical (unpaired) electrons. The average Bonchev–Trinajstić information content (AvgIpc) is 2.25. The molecular formula is C13H24O. The van der Waals surface area contributed by atoms with Crippen molar-refractivity contribution in [2.45, 2.75) is 58.3 Å². The molecule has 0 spiro atoms. The van der Waals surface area contributed by atoms with Crippen molar-refractivity contribution >= 4 is 0 Å². The molecule has 0 bridgehead atoms. The van der Waals surface area contributed by atoms with Crippen molar-refractivity contribution in [3.8, 4) is 0 Å². The van der Waals surface area contributed by atoms with Crippen LogP contribution in [0.5, 0.6) is 0 Å². The first-order chi connectivity index (χ1) is 6.86. The Morgan fingerprint density at radius 3 is 2.57 bits per heavy atom. The molecule has 0 aromatic carbocycles. The van der Waals surface area contributed by atoms with E-state index < -0.39 is 0 Å². The molecule has 1 nitrogen and oxygen atoms in total. The van der Waals surface area contributed by atoms with Crippen molar-refractivity contribution in [1.29, 1.82) is 0 Å². The van der Waals surface area contributed by atoms with Crippen LogP contribution < -0.4 is 0 Å². The summed E-state index contributed by atoms with van der Waals surface area (Å²) in [5.41, 5.74) is 1.64. The molecule has 0 atom stereocenters. The third kappa shape index (κ3) is 4.28. The maximum Gasteiger partial charge on any atom is 0.0459 e. The summed E-state index contributed by atoms with van der Waals surface area (Å²) < 4.78 is 0. The van der Waals surface area contributed by atoms with Gasteiger partial charge in [-0.1, -0.05) is 31.4 Å². The highest BCUT2D eigenvalue weighted by Gasteiger charge is 2.14. The molecular weight excluding hydrogens is 172 g/mol. The van der Waals surface area contributed by atoms with Gasteiger partial charge in [-0.05, 0) is 44.4 Å². The Morgan fingerprint density at radius 1 is 1.29 bits per heavy atom. The third-order valence-corrected chi connectivity index (χ3v) is 3.25. The van der Waals surface area contributed by atoms with Gasteiger partial charge in [0.05, 0.1) is 0 Å². The van der Waals surface area contributed by atoms with Crippen molar-refractivity contribution in [2.24, 2.45) is 5.92 Å². The highest BCUT2D eigenvalue weighted by molar-refractivity contribution is 5.05. The molecule has 1 rings (SSSR count). The molecule has 0 aromatic rings. The fraction of sp³-hybridized carbons (Fsp3) is 0.846. The minimum absolute atomic E-state index is 0.392. The number of allylic oxidation sites excluding steroid dienone is 2. The van der Waals surface area contributed by atoms with Crippen molar-refractivity contribution in [3.63, 3.8) is 0 Å². The van der Waals surface area contributed by atoms with Gasteiger partial charge in [-0.15, -0.1) is 0 Å². The quantitative estimate of drug-likeness (QED) is 0.525. The lowest BCUT2D eigenvalue weighted by Gasteiger charge is -2.21. The average molecular weight is 196 g/mol. The van der Waals surface area contributed by atoms with Crippen LogP contribution in [0.4, 0.5) is 0 Å². The molecule has 0 unspecified atom stereocenters. The molecule has 0 saturated heterocycles. The summed E-state index contributed by atoms with van der Waals surface area (Å²) >= 11 is 0. The second-order valence-electron chi connectivity index (χ2n) is 4.48. The van der Waals surface area contributed by atoms with Gasteiger partial charge >= 0.3 is 0 Å². The Bertz CT molecular complexity index is 162. The zero-order valence-corrected chi connectivity index (χ0v) is 9.47. The molecule has 0 aromatic heterocycles. The van der Waals surface area contributed by atoms with E-state index in [0.717, 1.165) is 0 Å². The molecule has 1 heteroatoms. The zero-order chi connectivity index (χ0) is 10.2. The van der Waals surface area contributed by atoms with E-state index in [1.807, 2.05) is 0 Å². The number of unbranched alkanes of at least 4 members (excludes halogenated alkanes) is 3. The summed E-state index contributed by atoms with van der Waals surface area (Å²) in [6, 6.07) is 0. The van der Waals surface area contributed by atoms with Gasteiger partial charge in [0.15, 0.2) is 0 Å². The van der Waals surface area contributed by atoms with Crippen molar-refractivity contribution in [2.75, 3.05) is 6.61 Å². The van der Waals surface area contributed by atoms with E-state index in [1.54, 1.807) is 5.57 Å². The molecule has 0 amide bonds. The summed E-state index contributed by atoms with van der Waals surface area (Å²) in [7, 11) is 0. The van der Waals surface area contributed by atoms with Gasteiger partial charge in [0.25, 0.3) is 0 Å². The second-order valence-corrected chi connectivity index (χ2v) is 4.48. The number of hydrogen-bond donors (Lipinski definition) is 1. The largest absolute Gasteiger partial charge is 0.396 e. The predicted molar refractivity (Wildman–Crippen MR) is 61.3 cm³/mol. The van der Waals surface area contributed by atoms with Gasteiger partial charge in [0.2, 0.25) is 0 Å². The smallest absolute Gasteiger partial charge is 0.0459 e. The number of aliphatic hydroxyl groups excluding tert-OH is 1. The minimum Gasteiger partial charge on any atom is -0.396 e. The summed E-state index contributed by atoms with van der Waals surface area (Å²) in [5.74, 6) is 0.586. The summed E-state index contributed by atoms with van der Waals surface area (Å²) in [4.78, 5) is 0. The molecule has 1 aliphatic rings. The Hall–Kier alpha value is -0.300. The van der Waals surface area contributed by atoms with E-state index in [4.69, 9.17) is 5.11 Å². The van der Waals surface area contributed by atoms with Gasteiger partial charge in [-0.3, -0.25) is 0 Å². The highest BCUT2D eigenvalue weighted by Crippen LogP contribution is 2.28. The van der Waals surface area contributed by atoms with Gasteiger partial charge in [0.1, 0.15) is 0 Å². The Morgan fingerprint density at radius 2 is 2.00 bits per heavy atom. The van der Waals surface area contributed by atoms with Crippen LogP contribution in [0.1, 0.15) is 58.3 Å². The monoisotopic (exact) mass is 196 g/mol. The molecule has 0 aliphatic heterocycles. The fourth-order valence-corrected chi connectivity index (χ4v) is 2.14.